The zero-order chi connectivity index (χ0) is 47.4. The van der Waals surface area contributed by atoms with E-state index in [-0.39, 0.29) is 66.4 Å². The first-order valence-electron chi connectivity index (χ1n) is 21.8. The molecule has 0 bridgehead atoms. The molecule has 0 radical (unpaired) electrons. The molecule has 352 valence electrons. The van der Waals surface area contributed by atoms with Gasteiger partial charge in [-0.1, -0.05) is 6.92 Å². The Bertz CT molecular complexity index is 2800. The standard InChI is InChI=1S/C45H48F2N10O9S/c1-3-54(2)67(63,64)53-36-8-6-34(46)41(42(36)47)43(61)33-25-57(65-26-58)44-32(33)20-29(22-51-44)28-4-10-38(50-21-28)55-18-14-30(15-19-55)48-24-40(60)56-16-12-27(13-17-56)35-7-5-31(23-49-35)66-37-9-11-39(59)52-45(37)62/h4-8,10,20-23,25-27,30,37,48,53H,3,9,11-19,24H2,1-2H3,(H,52,59,62). The number of piperidine rings is 3. The van der Waals surface area contributed by atoms with Crippen molar-refractivity contribution in [3.63, 3.8) is 0 Å². The molecule has 3 N–H and O–H groups in total. The van der Waals surface area contributed by atoms with E-state index in [1.165, 1.54) is 13.2 Å². The van der Waals surface area contributed by atoms with E-state index in [4.69, 9.17) is 9.57 Å². The zero-order valence-electron chi connectivity index (χ0n) is 36.6. The lowest BCUT2D eigenvalue weighted by atomic mass is 9.93. The number of ether oxygens (including phenoxy) is 1. The molecular weight excluding hydrogens is 895 g/mol. The van der Waals surface area contributed by atoms with Crippen LogP contribution in [0, 0.1) is 11.6 Å². The van der Waals surface area contributed by atoms with Gasteiger partial charge in [0.05, 0.1) is 35.8 Å². The highest BCUT2D eigenvalue weighted by atomic mass is 32.2. The Kier molecular flexibility index (Phi) is 13.8. The van der Waals surface area contributed by atoms with Crippen molar-refractivity contribution in [2.75, 3.05) is 55.9 Å². The average Bonchev–Trinajstić information content (AvgIpc) is 3.70. The summed E-state index contributed by atoms with van der Waals surface area (Å²) in [5.41, 5.74) is 0.0919. The van der Waals surface area contributed by atoms with Crippen LogP contribution in [0.2, 0.25) is 0 Å². The molecule has 0 saturated carbocycles. The van der Waals surface area contributed by atoms with Crippen molar-refractivity contribution in [3.8, 4) is 16.9 Å². The minimum atomic E-state index is -4.22. The van der Waals surface area contributed by atoms with Crippen molar-refractivity contribution in [1.29, 1.82) is 0 Å². The monoisotopic (exact) mass is 942 g/mol. The van der Waals surface area contributed by atoms with Crippen molar-refractivity contribution in [2.24, 2.45) is 0 Å². The number of amides is 3. The van der Waals surface area contributed by atoms with Crippen LogP contribution in [0.1, 0.15) is 73.0 Å². The number of nitrogens with one attached hydrogen (secondary N) is 3. The molecule has 7 heterocycles. The largest absolute Gasteiger partial charge is 0.479 e. The molecule has 8 rings (SSSR count). The number of carbonyl (C=O) groups excluding carboxylic acids is 5. The molecule has 3 aliphatic rings. The van der Waals surface area contributed by atoms with Gasteiger partial charge >= 0.3 is 16.7 Å². The van der Waals surface area contributed by atoms with E-state index < -0.39 is 50.9 Å². The van der Waals surface area contributed by atoms with E-state index in [9.17, 15) is 32.4 Å². The lowest BCUT2D eigenvalue weighted by molar-refractivity contribution is -0.139. The molecule has 3 saturated heterocycles. The predicted molar refractivity (Wildman–Crippen MR) is 239 cm³/mol. The topological polar surface area (TPSA) is 227 Å². The van der Waals surface area contributed by atoms with Gasteiger partial charge in [0.2, 0.25) is 17.6 Å². The Morgan fingerprint density at radius 3 is 2.37 bits per heavy atom. The van der Waals surface area contributed by atoms with E-state index in [2.05, 4.69) is 30.5 Å². The van der Waals surface area contributed by atoms with Crippen LogP contribution >= 0.6 is 0 Å². The molecule has 3 fully saturated rings. The number of pyridine rings is 3. The average molecular weight is 943 g/mol. The molecule has 0 spiro atoms. The highest BCUT2D eigenvalue weighted by Crippen LogP contribution is 2.32. The van der Waals surface area contributed by atoms with Gasteiger partial charge in [0.15, 0.2) is 17.6 Å². The summed E-state index contributed by atoms with van der Waals surface area (Å²) >= 11 is 0. The first kappa shape index (κ1) is 46.6. The fraction of sp³-hybridized carbons (Fsp3) is 0.378. The van der Waals surface area contributed by atoms with Crippen LogP contribution in [-0.2, 0) is 29.4 Å². The minimum absolute atomic E-state index is 0.00623. The van der Waals surface area contributed by atoms with Crippen LogP contribution in [-0.4, -0.2) is 126 Å². The van der Waals surface area contributed by atoms with Crippen molar-refractivity contribution in [2.45, 2.75) is 63.5 Å². The van der Waals surface area contributed by atoms with Crippen LogP contribution in [0.25, 0.3) is 22.2 Å². The molecule has 67 heavy (non-hydrogen) atoms. The van der Waals surface area contributed by atoms with E-state index in [1.54, 1.807) is 31.5 Å². The number of anilines is 2. The molecule has 0 aliphatic carbocycles. The normalized spacial score (nSPS) is 17.4. The number of ketones is 1. The van der Waals surface area contributed by atoms with Gasteiger partial charge in [0, 0.05) is 99.2 Å². The van der Waals surface area contributed by atoms with Gasteiger partial charge in [0.1, 0.15) is 17.4 Å². The summed E-state index contributed by atoms with van der Waals surface area (Å²) in [5, 5.41) is 5.82. The van der Waals surface area contributed by atoms with Crippen LogP contribution in [0.4, 0.5) is 20.3 Å². The fourth-order valence-corrected chi connectivity index (χ4v) is 9.32. The number of benzene rings is 1. The molecule has 5 aromatic rings. The number of nitrogens with zero attached hydrogens (tertiary/aromatic N) is 7. The molecule has 3 aliphatic heterocycles. The van der Waals surface area contributed by atoms with E-state index in [0.717, 1.165) is 64.6 Å². The van der Waals surface area contributed by atoms with E-state index in [0.29, 0.717) is 49.5 Å². The van der Waals surface area contributed by atoms with Gasteiger partial charge in [0.25, 0.3) is 5.91 Å². The second-order valence-electron chi connectivity index (χ2n) is 16.5. The number of hydrogen-bond donors (Lipinski definition) is 3. The number of hydrogen-bond acceptors (Lipinski definition) is 14. The van der Waals surface area contributed by atoms with Crippen LogP contribution in [0.15, 0.2) is 67.3 Å². The maximum Gasteiger partial charge on any atom is 0.321 e. The summed E-state index contributed by atoms with van der Waals surface area (Å²) in [6, 6.07) is 10.7. The number of halogens is 2. The van der Waals surface area contributed by atoms with Gasteiger partial charge in [-0.3, -0.25) is 39.0 Å². The molecule has 1 unspecified atom stereocenters. The zero-order valence-corrected chi connectivity index (χ0v) is 37.4. The number of fused-ring (bicyclic) bond motifs is 1. The summed E-state index contributed by atoms with van der Waals surface area (Å²) < 4.78 is 65.8. The molecule has 4 aromatic heterocycles. The molecule has 3 amide bonds. The first-order valence-corrected chi connectivity index (χ1v) is 23.2. The SMILES string of the molecule is CCN(C)S(=O)(=O)Nc1ccc(F)c(C(=O)c2cn(OC=O)c3ncc(-c4ccc(N5CCC(NCC(=O)N6CCC(c7ccc(OC8CCC(=O)NC8=O)cn7)CC6)CC5)nc4)cc23)c1F. The quantitative estimate of drug-likeness (QED) is 0.0733. The Balaban J connectivity index is 0.844. The summed E-state index contributed by atoms with van der Waals surface area (Å²) in [7, 11) is -2.95. The maximum absolute atomic E-state index is 15.8. The van der Waals surface area contributed by atoms with Crippen LogP contribution < -0.4 is 29.8 Å². The molecule has 1 atom stereocenters. The van der Waals surface area contributed by atoms with E-state index in [1.807, 2.05) is 27.8 Å². The number of carbonyl (C=O) groups is 5. The fourth-order valence-electron chi connectivity index (χ4n) is 8.38. The molecule has 22 heteroatoms. The highest BCUT2D eigenvalue weighted by molar-refractivity contribution is 7.90. The second-order valence-corrected chi connectivity index (χ2v) is 18.3. The Morgan fingerprint density at radius 1 is 0.940 bits per heavy atom. The number of rotatable bonds is 16. The van der Waals surface area contributed by atoms with Gasteiger partial charge in [-0.05, 0) is 68.1 Å². The summed E-state index contributed by atoms with van der Waals surface area (Å²) in [6.07, 6.45) is 8.73. The van der Waals surface area contributed by atoms with Gasteiger partial charge in [-0.25, -0.2) is 18.7 Å². The molecular formula is C45H48F2N10O9S. The van der Waals surface area contributed by atoms with Crippen LogP contribution in [0.5, 0.6) is 5.75 Å². The summed E-state index contributed by atoms with van der Waals surface area (Å²) in [6.45, 7) is 4.59. The molecule has 19 nitrogen and oxygen atoms in total. The third kappa shape index (κ3) is 10.2. The first-order chi connectivity index (χ1) is 32.2. The van der Waals surface area contributed by atoms with Crippen LogP contribution in [0.3, 0.4) is 0 Å². The Labute approximate surface area is 384 Å². The lowest BCUT2D eigenvalue weighted by Gasteiger charge is -2.35. The van der Waals surface area contributed by atoms with Crippen molar-refractivity contribution >= 4 is 62.7 Å². The third-order valence-corrected chi connectivity index (χ3v) is 13.9. The van der Waals surface area contributed by atoms with Crippen molar-refractivity contribution in [3.05, 3.63) is 95.7 Å². The Morgan fingerprint density at radius 2 is 1.70 bits per heavy atom. The van der Waals surface area contributed by atoms with E-state index >= 15 is 8.78 Å². The number of aromatic nitrogens is 4. The molecule has 1 aromatic carbocycles. The minimum Gasteiger partial charge on any atom is -0.479 e. The smallest absolute Gasteiger partial charge is 0.321 e. The summed E-state index contributed by atoms with van der Waals surface area (Å²) in [5.74, 6) is -3.13. The number of likely N-dealkylation sites (tertiary alicyclic amines) is 1. The lowest BCUT2D eigenvalue weighted by Crippen LogP contribution is -2.48. The third-order valence-electron chi connectivity index (χ3n) is 12.4. The maximum atomic E-state index is 15.8. The second kappa shape index (κ2) is 19.9. The van der Waals surface area contributed by atoms with Gasteiger partial charge < -0.3 is 24.7 Å². The van der Waals surface area contributed by atoms with Crippen molar-refractivity contribution in [1.82, 2.24) is 39.5 Å². The number of imide groups is 1. The van der Waals surface area contributed by atoms with Crippen molar-refractivity contribution < 1.29 is 50.7 Å². The van der Waals surface area contributed by atoms with Gasteiger partial charge in [-0.15, -0.1) is 0 Å². The summed E-state index contributed by atoms with van der Waals surface area (Å²) in [4.78, 5) is 84.5. The predicted octanol–water partition coefficient (Wildman–Crippen LogP) is 3.34. The Hall–Kier alpha value is -6.91. The van der Waals surface area contributed by atoms with Gasteiger partial charge in [-0.2, -0.15) is 17.5 Å². The highest BCUT2D eigenvalue weighted by Gasteiger charge is 2.31.